The molecule has 0 bridgehead atoms. The summed E-state index contributed by atoms with van der Waals surface area (Å²) in [5.74, 6) is 0.884. The highest BCUT2D eigenvalue weighted by atomic mass is 16.5. The predicted molar refractivity (Wildman–Crippen MR) is 68.8 cm³/mol. The quantitative estimate of drug-likeness (QED) is 0.730. The number of benzene rings is 2. The molecule has 0 N–H and O–H groups in total. The number of methoxy groups -OCH3 is 1. The first-order chi connectivity index (χ1) is 7.76. The molecule has 0 fully saturated rings. The van der Waals surface area contributed by atoms with Crippen LogP contribution < -0.4 is 10.2 Å². The van der Waals surface area contributed by atoms with Gasteiger partial charge in [-0.3, -0.25) is 0 Å². The van der Waals surface area contributed by atoms with Crippen LogP contribution in [0, 0.1) is 0 Å². The first-order valence-electron chi connectivity index (χ1n) is 5.35. The fourth-order valence-electron chi connectivity index (χ4n) is 1.90. The number of hydrogen-bond donors (Lipinski definition) is 0. The van der Waals surface area contributed by atoms with E-state index in [0.717, 1.165) is 5.75 Å². The molecule has 3 heteroatoms. The van der Waals surface area contributed by atoms with Gasteiger partial charge in [-0.05, 0) is 28.4 Å². The number of rotatable bonds is 3. The van der Waals surface area contributed by atoms with Gasteiger partial charge in [0.1, 0.15) is 5.75 Å². The standard InChI is InChI=1S/C13H15BO2/c1-14(16-3)13-6-4-5-10-9-11(15-2)7-8-12(10)13/h4-9H,1-3H3. The summed E-state index contributed by atoms with van der Waals surface area (Å²) < 4.78 is 10.6. The molecule has 2 aromatic carbocycles. The highest BCUT2D eigenvalue weighted by Crippen LogP contribution is 2.19. The second-order valence-corrected chi connectivity index (χ2v) is 3.81. The zero-order valence-corrected chi connectivity index (χ0v) is 9.86. The minimum Gasteiger partial charge on any atom is -0.497 e. The third-order valence-electron chi connectivity index (χ3n) is 2.91. The molecule has 0 unspecified atom stereocenters. The van der Waals surface area contributed by atoms with Crippen LogP contribution in [-0.2, 0) is 4.65 Å². The zero-order chi connectivity index (χ0) is 11.5. The number of hydrogen-bond acceptors (Lipinski definition) is 2. The molecule has 0 radical (unpaired) electrons. The average molecular weight is 214 g/mol. The molecule has 0 saturated carbocycles. The third kappa shape index (κ3) is 1.91. The van der Waals surface area contributed by atoms with Gasteiger partial charge in [-0.15, -0.1) is 0 Å². The lowest BCUT2D eigenvalue weighted by atomic mass is 9.62. The highest BCUT2D eigenvalue weighted by molar-refractivity contribution is 6.68. The lowest BCUT2D eigenvalue weighted by Gasteiger charge is -2.10. The van der Waals surface area contributed by atoms with Crippen molar-refractivity contribution in [3.63, 3.8) is 0 Å². The molecule has 0 aliphatic carbocycles. The van der Waals surface area contributed by atoms with Crippen LogP contribution in [0.5, 0.6) is 5.75 Å². The largest absolute Gasteiger partial charge is 0.497 e. The lowest BCUT2D eigenvalue weighted by molar-refractivity contribution is 0.415. The maximum atomic E-state index is 5.37. The van der Waals surface area contributed by atoms with E-state index in [9.17, 15) is 0 Å². The summed E-state index contributed by atoms with van der Waals surface area (Å²) >= 11 is 0. The lowest BCUT2D eigenvalue weighted by Crippen LogP contribution is -2.29. The van der Waals surface area contributed by atoms with Gasteiger partial charge >= 0.3 is 6.92 Å². The maximum Gasteiger partial charge on any atom is 0.323 e. The maximum absolute atomic E-state index is 5.37. The summed E-state index contributed by atoms with van der Waals surface area (Å²) in [6.45, 7) is 2.16. The van der Waals surface area contributed by atoms with Crippen molar-refractivity contribution < 1.29 is 9.39 Å². The second kappa shape index (κ2) is 4.58. The normalized spacial score (nSPS) is 10.4. The molecule has 16 heavy (non-hydrogen) atoms. The second-order valence-electron chi connectivity index (χ2n) is 3.81. The summed E-state index contributed by atoms with van der Waals surface area (Å²) in [5, 5.41) is 2.40. The average Bonchev–Trinajstić information content (AvgIpc) is 2.36. The molecule has 0 atom stereocenters. The van der Waals surface area contributed by atoms with Gasteiger partial charge < -0.3 is 9.39 Å². The monoisotopic (exact) mass is 214 g/mol. The Hall–Kier alpha value is -1.48. The topological polar surface area (TPSA) is 18.5 Å². The van der Waals surface area contributed by atoms with Gasteiger partial charge in [0.15, 0.2) is 0 Å². The van der Waals surface area contributed by atoms with Gasteiger partial charge in [0.05, 0.1) is 7.11 Å². The van der Waals surface area contributed by atoms with Crippen LogP contribution in [0.4, 0.5) is 0 Å². The van der Waals surface area contributed by atoms with Crippen LogP contribution in [0.25, 0.3) is 10.8 Å². The van der Waals surface area contributed by atoms with E-state index in [4.69, 9.17) is 9.39 Å². The van der Waals surface area contributed by atoms with Crippen molar-refractivity contribution in [2.24, 2.45) is 0 Å². The van der Waals surface area contributed by atoms with E-state index in [1.165, 1.54) is 16.2 Å². The molecular weight excluding hydrogens is 199 g/mol. The van der Waals surface area contributed by atoms with Gasteiger partial charge in [-0.2, -0.15) is 0 Å². The van der Waals surface area contributed by atoms with Crippen LogP contribution in [-0.4, -0.2) is 21.1 Å². The van der Waals surface area contributed by atoms with Crippen molar-refractivity contribution in [1.29, 1.82) is 0 Å². The zero-order valence-electron chi connectivity index (χ0n) is 9.86. The SMILES string of the molecule is COB(C)c1cccc2cc(OC)ccc12. The molecule has 2 aromatic rings. The summed E-state index contributed by atoms with van der Waals surface area (Å²) in [5.41, 5.74) is 1.21. The van der Waals surface area contributed by atoms with Crippen molar-refractivity contribution in [3.8, 4) is 5.75 Å². The molecule has 2 rings (SSSR count). The molecule has 82 valence electrons. The van der Waals surface area contributed by atoms with Crippen molar-refractivity contribution in [2.75, 3.05) is 14.2 Å². The van der Waals surface area contributed by atoms with Crippen molar-refractivity contribution in [2.45, 2.75) is 6.82 Å². The Bertz CT molecular complexity index is 496. The van der Waals surface area contributed by atoms with Gasteiger partial charge in [0.2, 0.25) is 0 Å². The van der Waals surface area contributed by atoms with Crippen LogP contribution in [0.1, 0.15) is 0 Å². The molecule has 0 saturated heterocycles. The Morgan fingerprint density at radius 2 is 1.88 bits per heavy atom. The molecule has 2 nitrogen and oxygen atoms in total. The number of ether oxygens (including phenoxy) is 1. The Labute approximate surface area is 96.3 Å². The fourth-order valence-corrected chi connectivity index (χ4v) is 1.90. The van der Waals surface area contributed by atoms with E-state index in [-0.39, 0.29) is 6.92 Å². The van der Waals surface area contributed by atoms with E-state index in [1.54, 1.807) is 14.2 Å². The Morgan fingerprint density at radius 1 is 1.06 bits per heavy atom. The summed E-state index contributed by atoms with van der Waals surface area (Å²) in [7, 11) is 3.41. The first kappa shape index (κ1) is 11.0. The molecular formula is C13H15BO2. The third-order valence-corrected chi connectivity index (χ3v) is 2.91. The summed E-state index contributed by atoms with van der Waals surface area (Å²) in [6.07, 6.45) is 0. The molecule has 0 aliphatic heterocycles. The van der Waals surface area contributed by atoms with Crippen molar-refractivity contribution in [1.82, 2.24) is 0 Å². The predicted octanol–water partition coefficient (Wildman–Crippen LogP) is 2.32. The van der Waals surface area contributed by atoms with E-state index >= 15 is 0 Å². The van der Waals surface area contributed by atoms with Gasteiger partial charge in [0, 0.05) is 7.11 Å². The van der Waals surface area contributed by atoms with Crippen LogP contribution in [0.3, 0.4) is 0 Å². The fraction of sp³-hybridized carbons (Fsp3) is 0.231. The van der Waals surface area contributed by atoms with Crippen LogP contribution >= 0.6 is 0 Å². The van der Waals surface area contributed by atoms with E-state index in [2.05, 4.69) is 25.0 Å². The Balaban J connectivity index is 2.60. The molecule has 0 amide bonds. The van der Waals surface area contributed by atoms with E-state index in [0.29, 0.717) is 0 Å². The Morgan fingerprint density at radius 3 is 2.56 bits per heavy atom. The first-order valence-corrected chi connectivity index (χ1v) is 5.35. The minimum absolute atomic E-state index is 0.108. The Kier molecular flexibility index (Phi) is 3.16. The molecule has 0 aromatic heterocycles. The molecule has 0 aliphatic rings. The van der Waals surface area contributed by atoms with Gasteiger partial charge in [-0.25, -0.2) is 0 Å². The highest BCUT2D eigenvalue weighted by Gasteiger charge is 2.12. The van der Waals surface area contributed by atoms with Crippen LogP contribution in [0.15, 0.2) is 36.4 Å². The summed E-state index contributed by atoms with van der Waals surface area (Å²) in [6, 6.07) is 12.3. The minimum atomic E-state index is 0.108. The number of fused-ring (bicyclic) bond motifs is 1. The van der Waals surface area contributed by atoms with E-state index in [1.807, 2.05) is 18.2 Å². The smallest absolute Gasteiger partial charge is 0.323 e. The van der Waals surface area contributed by atoms with Gasteiger partial charge in [0.25, 0.3) is 0 Å². The van der Waals surface area contributed by atoms with Crippen LogP contribution in [0.2, 0.25) is 6.82 Å². The summed E-state index contributed by atoms with van der Waals surface area (Å²) in [4.78, 5) is 0. The van der Waals surface area contributed by atoms with E-state index < -0.39 is 0 Å². The molecule has 0 heterocycles. The molecule has 0 spiro atoms. The van der Waals surface area contributed by atoms with Crippen molar-refractivity contribution >= 4 is 23.2 Å². The van der Waals surface area contributed by atoms with Crippen molar-refractivity contribution in [3.05, 3.63) is 36.4 Å². The van der Waals surface area contributed by atoms with Gasteiger partial charge in [-0.1, -0.05) is 31.1 Å².